The van der Waals surface area contributed by atoms with Gasteiger partial charge in [-0.2, -0.15) is 0 Å². The summed E-state index contributed by atoms with van der Waals surface area (Å²) in [4.78, 5) is 28.9. The summed E-state index contributed by atoms with van der Waals surface area (Å²) in [5.41, 5.74) is 1.20. The lowest BCUT2D eigenvalue weighted by atomic mass is 10.1. The molecule has 0 aliphatic heterocycles. The minimum Gasteiger partial charge on any atom is -0.465 e. The second kappa shape index (κ2) is 9.49. The van der Waals surface area contributed by atoms with Crippen LogP contribution in [0.15, 0.2) is 30.5 Å². The van der Waals surface area contributed by atoms with Crippen LogP contribution in [-0.2, 0) is 10.0 Å². The highest BCUT2D eigenvalue weighted by Crippen LogP contribution is 2.42. The number of nitrogens with one attached hydrogen (secondary N) is 3. The van der Waals surface area contributed by atoms with Gasteiger partial charge in [0.05, 0.1) is 23.3 Å². The molecule has 0 spiro atoms. The number of amides is 1. The number of sulfonamides is 1. The summed E-state index contributed by atoms with van der Waals surface area (Å²) in [6.45, 7) is 2.03. The Bertz CT molecular complexity index is 1360. The van der Waals surface area contributed by atoms with Gasteiger partial charge >= 0.3 is 6.09 Å². The predicted molar refractivity (Wildman–Crippen MR) is 129 cm³/mol. The molecule has 2 aromatic heterocycles. The van der Waals surface area contributed by atoms with Gasteiger partial charge in [0.15, 0.2) is 5.82 Å². The van der Waals surface area contributed by atoms with Crippen molar-refractivity contribution in [2.24, 2.45) is 0 Å². The first-order valence-corrected chi connectivity index (χ1v) is 12.8. The Morgan fingerprint density at radius 2 is 2.06 bits per heavy atom. The maximum Gasteiger partial charge on any atom is 0.407 e. The summed E-state index contributed by atoms with van der Waals surface area (Å²) in [6, 6.07) is 5.75. The van der Waals surface area contributed by atoms with Crippen LogP contribution in [0, 0.1) is 5.82 Å². The molecule has 1 amide bonds. The lowest BCUT2D eigenvalue weighted by Crippen LogP contribution is -2.38. The van der Waals surface area contributed by atoms with Crippen LogP contribution in [0.1, 0.15) is 31.5 Å². The molecular formula is C22H26FN7O4S. The first-order valence-electron chi connectivity index (χ1n) is 10.9. The van der Waals surface area contributed by atoms with Gasteiger partial charge < -0.3 is 20.3 Å². The number of hydrogen-bond acceptors (Lipinski definition) is 7. The zero-order valence-corrected chi connectivity index (χ0v) is 20.2. The fourth-order valence-electron chi connectivity index (χ4n) is 3.46. The van der Waals surface area contributed by atoms with Gasteiger partial charge in [-0.1, -0.05) is 6.07 Å². The number of benzene rings is 1. The molecule has 1 atom stereocenters. The van der Waals surface area contributed by atoms with Gasteiger partial charge in [0.2, 0.25) is 16.0 Å². The van der Waals surface area contributed by atoms with Crippen LogP contribution >= 0.6 is 0 Å². The van der Waals surface area contributed by atoms with Crippen LogP contribution in [0.25, 0.3) is 22.6 Å². The number of H-pyrrole nitrogens is 1. The number of carbonyl (C=O) groups is 1. The molecule has 1 aliphatic carbocycles. The minimum absolute atomic E-state index is 0.127. The molecule has 0 unspecified atom stereocenters. The molecule has 1 saturated carbocycles. The number of hydrogen-bond donors (Lipinski definition) is 4. The quantitative estimate of drug-likeness (QED) is 0.347. The van der Waals surface area contributed by atoms with E-state index in [1.165, 1.54) is 30.3 Å². The van der Waals surface area contributed by atoms with Crippen molar-refractivity contribution in [2.45, 2.75) is 31.7 Å². The van der Waals surface area contributed by atoms with E-state index < -0.39 is 21.9 Å². The van der Waals surface area contributed by atoms with E-state index in [2.05, 4.69) is 30.0 Å². The van der Waals surface area contributed by atoms with E-state index >= 15 is 4.39 Å². The fourth-order valence-corrected chi connectivity index (χ4v) is 4.02. The number of imidazole rings is 1. The van der Waals surface area contributed by atoms with Crippen LogP contribution in [0.2, 0.25) is 0 Å². The summed E-state index contributed by atoms with van der Waals surface area (Å²) in [5, 5.41) is 12.2. The van der Waals surface area contributed by atoms with Crippen molar-refractivity contribution in [3.8, 4) is 22.6 Å². The molecule has 0 saturated heterocycles. The van der Waals surface area contributed by atoms with E-state index in [1.54, 1.807) is 19.1 Å². The van der Waals surface area contributed by atoms with Crippen molar-refractivity contribution in [3.05, 3.63) is 42.1 Å². The van der Waals surface area contributed by atoms with Gasteiger partial charge in [-0.15, -0.1) is 0 Å². The maximum absolute atomic E-state index is 15.4. The van der Waals surface area contributed by atoms with Gasteiger partial charge in [0, 0.05) is 37.3 Å². The molecule has 2 heterocycles. The lowest BCUT2D eigenvalue weighted by molar-refractivity contribution is 0.144. The first kappa shape index (κ1) is 24.4. The Labute approximate surface area is 201 Å². The average Bonchev–Trinajstić information content (AvgIpc) is 3.56. The largest absolute Gasteiger partial charge is 0.465 e. The van der Waals surface area contributed by atoms with Crippen LogP contribution in [0.4, 0.5) is 20.8 Å². The van der Waals surface area contributed by atoms with Gasteiger partial charge in [-0.05, 0) is 38.0 Å². The second-order valence-electron chi connectivity index (χ2n) is 8.55. The monoisotopic (exact) mass is 503 g/mol. The highest BCUT2D eigenvalue weighted by molar-refractivity contribution is 7.92. The number of nitrogens with zero attached hydrogens (tertiary/aromatic N) is 4. The molecule has 1 fully saturated rings. The third-order valence-corrected chi connectivity index (χ3v) is 6.26. The summed E-state index contributed by atoms with van der Waals surface area (Å²) < 4.78 is 40.9. The van der Waals surface area contributed by atoms with E-state index in [0.717, 1.165) is 19.1 Å². The third kappa shape index (κ3) is 5.67. The van der Waals surface area contributed by atoms with Gasteiger partial charge in [0.25, 0.3) is 0 Å². The zero-order chi connectivity index (χ0) is 25.3. The molecule has 3 aromatic rings. The van der Waals surface area contributed by atoms with Crippen molar-refractivity contribution >= 4 is 27.8 Å². The Morgan fingerprint density at radius 1 is 1.31 bits per heavy atom. The highest BCUT2D eigenvalue weighted by atomic mass is 32.2. The molecule has 4 rings (SSSR count). The smallest absolute Gasteiger partial charge is 0.407 e. The summed E-state index contributed by atoms with van der Waals surface area (Å²) in [7, 11) is -2.20. The van der Waals surface area contributed by atoms with Crippen molar-refractivity contribution in [1.82, 2.24) is 24.8 Å². The summed E-state index contributed by atoms with van der Waals surface area (Å²) in [6.07, 6.45) is 3.38. The standard InChI is InChI=1S/C22H26FN7O4S/c1-12(30(2)22(31)32)11-25-21-24-10-9-16(26-21)19-18(27-20(28-19)13-7-8-13)14-5-4-6-15(17(14)23)29-35(3,33)34/h4-6,9-10,12-13,29H,7-8,11H2,1-3H3,(H,27,28)(H,31,32)(H,24,25,26)/t12-/m0/s1. The van der Waals surface area contributed by atoms with Crippen molar-refractivity contribution in [1.29, 1.82) is 0 Å². The van der Waals surface area contributed by atoms with Gasteiger partial charge in [0.1, 0.15) is 11.5 Å². The topological polar surface area (TPSA) is 153 Å². The SMILES string of the molecule is C[C@@H](CNc1nccc(-c2[nH]c(C3CC3)nc2-c2cccc(NS(C)(=O)=O)c2F)n1)N(C)C(=O)O. The van der Waals surface area contributed by atoms with Crippen LogP contribution < -0.4 is 10.0 Å². The molecular weight excluding hydrogens is 477 g/mol. The molecule has 0 radical (unpaired) electrons. The number of halogens is 1. The number of likely N-dealkylation sites (N-methyl/N-ethyl adjacent to an activating group) is 1. The molecule has 1 aliphatic rings. The minimum atomic E-state index is -3.68. The Hall–Kier alpha value is -3.74. The first-order chi connectivity index (χ1) is 16.5. The number of anilines is 2. The third-order valence-electron chi connectivity index (χ3n) is 5.67. The van der Waals surface area contributed by atoms with Crippen LogP contribution in [-0.4, -0.2) is 70.3 Å². The van der Waals surface area contributed by atoms with Crippen molar-refractivity contribution in [3.63, 3.8) is 0 Å². The molecule has 35 heavy (non-hydrogen) atoms. The normalized spacial score (nSPS) is 14.4. The predicted octanol–water partition coefficient (Wildman–Crippen LogP) is 3.33. The van der Waals surface area contributed by atoms with E-state index in [9.17, 15) is 13.2 Å². The lowest BCUT2D eigenvalue weighted by Gasteiger charge is -2.21. The Balaban J connectivity index is 1.69. The fraction of sp³-hybridized carbons (Fsp3) is 0.364. The van der Waals surface area contributed by atoms with Crippen LogP contribution in [0.3, 0.4) is 0 Å². The number of aromatic nitrogens is 4. The van der Waals surface area contributed by atoms with Crippen molar-refractivity contribution < 1.29 is 22.7 Å². The van der Waals surface area contributed by atoms with E-state index in [1.807, 2.05) is 0 Å². The Morgan fingerprint density at radius 3 is 2.71 bits per heavy atom. The number of rotatable bonds is 9. The maximum atomic E-state index is 15.4. The molecule has 186 valence electrons. The molecule has 11 nitrogen and oxygen atoms in total. The van der Waals surface area contributed by atoms with Crippen LogP contribution in [0.5, 0.6) is 0 Å². The number of aromatic amines is 1. The van der Waals surface area contributed by atoms with Gasteiger partial charge in [-0.3, -0.25) is 4.72 Å². The van der Waals surface area contributed by atoms with Gasteiger partial charge in [-0.25, -0.2) is 32.6 Å². The Kier molecular flexibility index (Phi) is 6.61. The highest BCUT2D eigenvalue weighted by Gasteiger charge is 2.30. The molecule has 4 N–H and O–H groups in total. The summed E-state index contributed by atoms with van der Waals surface area (Å²) in [5.74, 6) is 0.482. The zero-order valence-electron chi connectivity index (χ0n) is 19.4. The number of carboxylic acid groups (broad SMARTS) is 1. The van der Waals surface area contributed by atoms with Crippen molar-refractivity contribution in [2.75, 3.05) is 29.9 Å². The summed E-state index contributed by atoms with van der Waals surface area (Å²) >= 11 is 0. The second-order valence-corrected chi connectivity index (χ2v) is 10.3. The van der Waals surface area contributed by atoms with E-state index in [-0.39, 0.29) is 35.7 Å². The molecule has 0 bridgehead atoms. The molecule has 1 aromatic carbocycles. The van der Waals surface area contributed by atoms with E-state index in [4.69, 9.17) is 5.11 Å². The average molecular weight is 504 g/mol. The molecule has 13 heteroatoms. The van der Waals surface area contributed by atoms with E-state index in [0.29, 0.717) is 22.9 Å².